The number of hydrogen-bond acceptors (Lipinski definition) is 7. The Hall–Kier alpha value is -3.57. The van der Waals surface area contributed by atoms with E-state index in [1.807, 2.05) is 49.7 Å². The van der Waals surface area contributed by atoms with Gasteiger partial charge in [-0.05, 0) is 56.6 Å². The molecule has 5 rings (SSSR count). The second-order valence-corrected chi connectivity index (χ2v) is 17.8. The average Bonchev–Trinajstić information content (AvgIpc) is 3.46. The van der Waals surface area contributed by atoms with Crippen molar-refractivity contribution in [2.75, 3.05) is 13.2 Å². The van der Waals surface area contributed by atoms with Gasteiger partial charge in [-0.1, -0.05) is 30.9 Å². The quantitative estimate of drug-likeness (QED) is 0.225. The zero-order valence-electron chi connectivity index (χ0n) is 23.6. The lowest BCUT2D eigenvalue weighted by Gasteiger charge is -2.30. The van der Waals surface area contributed by atoms with Gasteiger partial charge in [-0.3, -0.25) is 9.67 Å². The Morgan fingerprint density at radius 1 is 1.05 bits per heavy atom. The molecule has 4 aromatic rings. The van der Waals surface area contributed by atoms with Crippen molar-refractivity contribution < 1.29 is 14.3 Å². The number of hydrogen-bond donors (Lipinski definition) is 0. The van der Waals surface area contributed by atoms with Gasteiger partial charge in [-0.2, -0.15) is 5.10 Å². The number of benzene rings is 1. The number of aromatic nitrogens is 6. The predicted molar refractivity (Wildman–Crippen MR) is 153 cm³/mol. The fourth-order valence-corrected chi connectivity index (χ4v) is 5.32. The van der Waals surface area contributed by atoms with Crippen LogP contribution in [0.25, 0.3) is 33.4 Å². The second kappa shape index (κ2) is 10.5. The predicted octanol–water partition coefficient (Wildman–Crippen LogP) is 5.42. The van der Waals surface area contributed by atoms with E-state index < -0.39 is 13.7 Å². The minimum atomic E-state index is -1.17. The van der Waals surface area contributed by atoms with Gasteiger partial charge in [0.15, 0.2) is 0 Å². The van der Waals surface area contributed by atoms with E-state index in [1.54, 1.807) is 22.0 Å². The highest BCUT2D eigenvalue weighted by atomic mass is 28.3. The summed E-state index contributed by atoms with van der Waals surface area (Å²) in [5.74, 6) is 0. The van der Waals surface area contributed by atoms with Gasteiger partial charge in [-0.25, -0.2) is 9.48 Å². The Balaban J connectivity index is 1.49. The SMILES string of the molecule is CC(C)(C)OC(=O)N1CCn2nc(-c3ccc4nnn(COCC[Si](C)(C)C)c4c3)c(-c3ccncc3)c2C1. The van der Waals surface area contributed by atoms with Crippen molar-refractivity contribution >= 4 is 25.2 Å². The van der Waals surface area contributed by atoms with E-state index in [4.69, 9.17) is 14.6 Å². The summed E-state index contributed by atoms with van der Waals surface area (Å²) in [4.78, 5) is 18.9. The first-order chi connectivity index (χ1) is 18.5. The van der Waals surface area contributed by atoms with E-state index in [1.165, 1.54) is 0 Å². The molecule has 0 unspecified atom stereocenters. The maximum atomic E-state index is 12.9. The summed E-state index contributed by atoms with van der Waals surface area (Å²) in [5.41, 5.74) is 5.88. The Morgan fingerprint density at radius 2 is 1.82 bits per heavy atom. The molecule has 4 heterocycles. The van der Waals surface area contributed by atoms with Crippen molar-refractivity contribution in [3.05, 3.63) is 48.4 Å². The Labute approximate surface area is 229 Å². The van der Waals surface area contributed by atoms with E-state index in [0.29, 0.717) is 33.0 Å². The van der Waals surface area contributed by atoms with E-state index >= 15 is 0 Å². The third-order valence-corrected chi connectivity index (χ3v) is 8.30. The molecule has 0 fully saturated rings. The third-order valence-electron chi connectivity index (χ3n) is 6.60. The summed E-state index contributed by atoms with van der Waals surface area (Å²) >= 11 is 0. The molecule has 11 heteroatoms. The molecule has 206 valence electrons. The molecule has 0 radical (unpaired) electrons. The zero-order chi connectivity index (χ0) is 27.8. The molecular formula is C28H37N7O3Si. The lowest BCUT2D eigenvalue weighted by molar-refractivity contribution is 0.0195. The zero-order valence-corrected chi connectivity index (χ0v) is 24.6. The molecule has 0 bridgehead atoms. The third kappa shape index (κ3) is 6.20. The number of nitrogens with zero attached hydrogens (tertiary/aromatic N) is 7. The van der Waals surface area contributed by atoms with Gasteiger partial charge in [-0.15, -0.1) is 5.10 Å². The van der Waals surface area contributed by atoms with E-state index in [9.17, 15) is 4.79 Å². The molecular weight excluding hydrogens is 510 g/mol. The van der Waals surface area contributed by atoms with Crippen LogP contribution < -0.4 is 0 Å². The van der Waals surface area contributed by atoms with E-state index in [-0.39, 0.29) is 6.09 Å². The molecule has 0 atom stereocenters. The van der Waals surface area contributed by atoms with E-state index in [0.717, 1.165) is 45.2 Å². The Kier molecular flexibility index (Phi) is 7.30. The van der Waals surface area contributed by atoms with Crippen LogP contribution in [0.15, 0.2) is 42.7 Å². The number of rotatable bonds is 7. The molecule has 3 aromatic heterocycles. The molecule has 1 aliphatic heterocycles. The van der Waals surface area contributed by atoms with Gasteiger partial charge < -0.3 is 14.4 Å². The summed E-state index contributed by atoms with van der Waals surface area (Å²) < 4.78 is 15.4. The molecule has 0 saturated heterocycles. The number of ether oxygens (including phenoxy) is 2. The van der Waals surface area contributed by atoms with Gasteiger partial charge in [0.2, 0.25) is 0 Å². The van der Waals surface area contributed by atoms with Crippen molar-refractivity contribution in [1.29, 1.82) is 0 Å². The number of amides is 1. The standard InChI is InChI=1S/C28H37N7O3Si/c1-28(2,3)38-27(36)33-13-14-34-24(18-33)25(20-9-11-29-12-10-20)26(31-34)21-7-8-22-23(17-21)35(32-30-22)19-37-15-16-39(4,5)6/h7-12,17H,13-16,18-19H2,1-6H3. The van der Waals surface area contributed by atoms with Crippen LogP contribution in [0.1, 0.15) is 26.5 Å². The topological polar surface area (TPSA) is 100 Å². The molecule has 0 aliphatic carbocycles. The lowest BCUT2D eigenvalue weighted by Crippen LogP contribution is -2.41. The molecule has 39 heavy (non-hydrogen) atoms. The van der Waals surface area contributed by atoms with Crippen LogP contribution >= 0.6 is 0 Å². The number of carbonyl (C=O) groups is 1. The molecule has 0 spiro atoms. The number of fused-ring (bicyclic) bond motifs is 2. The van der Waals surface area contributed by atoms with Crippen LogP contribution in [0.5, 0.6) is 0 Å². The van der Waals surface area contributed by atoms with Gasteiger partial charge in [0.25, 0.3) is 0 Å². The fourth-order valence-electron chi connectivity index (χ4n) is 4.56. The van der Waals surface area contributed by atoms with Crippen molar-refractivity contribution in [3.63, 3.8) is 0 Å². The van der Waals surface area contributed by atoms with Gasteiger partial charge in [0.1, 0.15) is 23.5 Å². The highest BCUT2D eigenvalue weighted by molar-refractivity contribution is 6.76. The highest BCUT2D eigenvalue weighted by Gasteiger charge is 2.30. The van der Waals surface area contributed by atoms with Crippen LogP contribution in [-0.4, -0.2) is 67.6 Å². The molecule has 10 nitrogen and oxygen atoms in total. The van der Waals surface area contributed by atoms with Gasteiger partial charge in [0, 0.05) is 44.7 Å². The first kappa shape index (κ1) is 27.0. The molecule has 1 aromatic carbocycles. The largest absolute Gasteiger partial charge is 0.444 e. The molecule has 1 amide bonds. The normalized spacial score (nSPS) is 14.1. The molecule has 0 saturated carbocycles. The van der Waals surface area contributed by atoms with Crippen molar-refractivity contribution in [1.82, 2.24) is 34.7 Å². The number of pyridine rings is 1. The first-order valence-corrected chi connectivity index (χ1v) is 17.1. The fraction of sp³-hybridized carbons (Fsp3) is 0.464. The lowest BCUT2D eigenvalue weighted by atomic mass is 9.98. The van der Waals surface area contributed by atoms with Crippen LogP contribution in [0, 0.1) is 0 Å². The minimum Gasteiger partial charge on any atom is -0.444 e. The van der Waals surface area contributed by atoms with Crippen molar-refractivity contribution in [2.45, 2.75) is 71.9 Å². The minimum absolute atomic E-state index is 0.317. The summed E-state index contributed by atoms with van der Waals surface area (Å²) in [7, 11) is -1.17. The monoisotopic (exact) mass is 547 g/mol. The Bertz CT molecular complexity index is 1470. The first-order valence-electron chi connectivity index (χ1n) is 13.4. The molecule has 0 N–H and O–H groups in total. The van der Waals surface area contributed by atoms with Crippen LogP contribution in [0.4, 0.5) is 4.79 Å². The maximum Gasteiger partial charge on any atom is 0.410 e. The smallest absolute Gasteiger partial charge is 0.410 e. The van der Waals surface area contributed by atoms with E-state index in [2.05, 4.69) is 41.0 Å². The van der Waals surface area contributed by atoms with Crippen molar-refractivity contribution in [3.8, 4) is 22.4 Å². The Morgan fingerprint density at radius 3 is 2.54 bits per heavy atom. The van der Waals surface area contributed by atoms with Gasteiger partial charge in [0.05, 0.1) is 24.3 Å². The second-order valence-electron chi connectivity index (χ2n) is 12.2. The average molecular weight is 548 g/mol. The van der Waals surface area contributed by atoms with Crippen molar-refractivity contribution in [2.24, 2.45) is 0 Å². The highest BCUT2D eigenvalue weighted by Crippen LogP contribution is 2.37. The summed E-state index contributed by atoms with van der Waals surface area (Å²) in [6.07, 6.45) is 3.23. The molecule has 1 aliphatic rings. The maximum absolute atomic E-state index is 12.9. The summed E-state index contributed by atoms with van der Waals surface area (Å²) in [5, 5.41) is 13.7. The van der Waals surface area contributed by atoms with Crippen LogP contribution in [0.3, 0.4) is 0 Å². The number of carbonyl (C=O) groups excluding carboxylic acids is 1. The summed E-state index contributed by atoms with van der Waals surface area (Å²) in [6.45, 7) is 15.2. The van der Waals surface area contributed by atoms with Crippen LogP contribution in [0.2, 0.25) is 25.7 Å². The van der Waals surface area contributed by atoms with Crippen LogP contribution in [-0.2, 0) is 29.3 Å². The summed E-state index contributed by atoms with van der Waals surface area (Å²) in [6, 6.07) is 11.1. The van der Waals surface area contributed by atoms with Gasteiger partial charge >= 0.3 is 6.09 Å².